The van der Waals surface area contributed by atoms with Gasteiger partial charge in [-0.3, -0.25) is 14.5 Å². The molecule has 1 saturated heterocycles. The van der Waals surface area contributed by atoms with Gasteiger partial charge in [-0.25, -0.2) is 0 Å². The number of thioether (sulfide) groups is 1. The summed E-state index contributed by atoms with van der Waals surface area (Å²) < 4.78 is 5.19. The number of ether oxygens (including phenoxy) is 1. The molecule has 6 nitrogen and oxygen atoms in total. The molecule has 0 saturated carbocycles. The van der Waals surface area contributed by atoms with Gasteiger partial charge in [0.05, 0.1) is 18.0 Å². The van der Waals surface area contributed by atoms with Crippen LogP contribution in [0.5, 0.6) is 5.75 Å². The second kappa shape index (κ2) is 9.06. The van der Waals surface area contributed by atoms with E-state index in [1.807, 2.05) is 62.4 Å². The molecule has 7 heteroatoms. The van der Waals surface area contributed by atoms with Gasteiger partial charge in [-0.1, -0.05) is 41.6 Å². The van der Waals surface area contributed by atoms with E-state index in [0.29, 0.717) is 17.1 Å². The standard InChI is InChI=1S/C23H23N3O3S/c1-14-5-10-19(15(2)11-14)26-22(28)20(12-16-6-8-17(29-4)9-7-16)30-23(26)18(13-24)21(27)25-3/h5-11,20H,12H2,1-4H3,(H,25,27)/b23-18+/t20-/m0/s1. The zero-order chi connectivity index (χ0) is 21.8. The number of hydrogen-bond acceptors (Lipinski definition) is 5. The van der Waals surface area contributed by atoms with Crippen LogP contribution in [-0.4, -0.2) is 31.2 Å². The van der Waals surface area contributed by atoms with Crippen LogP contribution in [0, 0.1) is 25.2 Å². The molecule has 1 N–H and O–H groups in total. The molecule has 0 aliphatic carbocycles. The van der Waals surface area contributed by atoms with E-state index in [1.54, 1.807) is 7.11 Å². The Bertz CT molecular complexity index is 1050. The van der Waals surface area contributed by atoms with Gasteiger partial charge < -0.3 is 10.1 Å². The Labute approximate surface area is 180 Å². The Morgan fingerprint density at radius 3 is 2.50 bits per heavy atom. The van der Waals surface area contributed by atoms with Crippen molar-refractivity contribution < 1.29 is 14.3 Å². The molecular formula is C23H23N3O3S. The van der Waals surface area contributed by atoms with Crippen molar-refractivity contribution >= 4 is 29.3 Å². The zero-order valence-electron chi connectivity index (χ0n) is 17.4. The predicted molar refractivity (Wildman–Crippen MR) is 118 cm³/mol. The minimum absolute atomic E-state index is 0.0620. The number of methoxy groups -OCH3 is 1. The molecule has 1 heterocycles. The first-order valence-corrected chi connectivity index (χ1v) is 10.3. The van der Waals surface area contributed by atoms with Crippen molar-refractivity contribution in [1.82, 2.24) is 5.32 Å². The first-order valence-electron chi connectivity index (χ1n) is 9.46. The fourth-order valence-electron chi connectivity index (χ4n) is 3.36. The van der Waals surface area contributed by atoms with Crippen LogP contribution in [0.15, 0.2) is 53.1 Å². The third-order valence-corrected chi connectivity index (χ3v) is 6.17. The second-order valence-corrected chi connectivity index (χ2v) is 8.18. The number of benzene rings is 2. The molecule has 0 aromatic heterocycles. The molecule has 0 spiro atoms. The average Bonchev–Trinajstić information content (AvgIpc) is 3.04. The third kappa shape index (κ3) is 4.19. The van der Waals surface area contributed by atoms with Gasteiger partial charge in [0.25, 0.3) is 5.91 Å². The zero-order valence-corrected chi connectivity index (χ0v) is 18.2. The van der Waals surface area contributed by atoms with Crippen molar-refractivity contribution in [2.45, 2.75) is 25.5 Å². The number of carbonyl (C=O) groups is 2. The Morgan fingerprint density at radius 2 is 1.93 bits per heavy atom. The number of hydrogen-bond donors (Lipinski definition) is 1. The molecule has 0 bridgehead atoms. The fourth-order valence-corrected chi connectivity index (χ4v) is 4.66. The first-order chi connectivity index (χ1) is 14.4. The number of aryl methyl sites for hydroxylation is 2. The van der Waals surface area contributed by atoms with Gasteiger partial charge in [0.15, 0.2) is 0 Å². The highest BCUT2D eigenvalue weighted by Crippen LogP contribution is 2.43. The fraction of sp³-hybridized carbons (Fsp3) is 0.261. The van der Waals surface area contributed by atoms with E-state index >= 15 is 0 Å². The van der Waals surface area contributed by atoms with Gasteiger partial charge in [0.2, 0.25) is 5.91 Å². The van der Waals surface area contributed by atoms with Crippen LogP contribution in [0.2, 0.25) is 0 Å². The Kier molecular flexibility index (Phi) is 6.48. The van der Waals surface area contributed by atoms with Crippen molar-refractivity contribution in [3.05, 3.63) is 69.8 Å². The number of anilines is 1. The molecule has 154 valence electrons. The molecule has 2 amide bonds. The van der Waals surface area contributed by atoms with E-state index in [0.717, 1.165) is 22.4 Å². The van der Waals surface area contributed by atoms with E-state index in [1.165, 1.54) is 23.7 Å². The van der Waals surface area contributed by atoms with Crippen molar-refractivity contribution in [3.8, 4) is 11.8 Å². The summed E-state index contributed by atoms with van der Waals surface area (Å²) in [7, 11) is 3.07. The summed E-state index contributed by atoms with van der Waals surface area (Å²) in [6.07, 6.45) is 0.477. The van der Waals surface area contributed by atoms with Crippen LogP contribution in [0.1, 0.15) is 16.7 Å². The minimum atomic E-state index is -0.507. The van der Waals surface area contributed by atoms with Crippen LogP contribution in [0.25, 0.3) is 0 Å². The van der Waals surface area contributed by atoms with E-state index in [2.05, 4.69) is 5.32 Å². The normalized spacial score (nSPS) is 17.5. The molecule has 3 rings (SSSR count). The van der Waals surface area contributed by atoms with Crippen LogP contribution in [0.4, 0.5) is 5.69 Å². The van der Waals surface area contributed by atoms with Crippen molar-refractivity contribution in [2.24, 2.45) is 0 Å². The third-order valence-electron chi connectivity index (χ3n) is 4.91. The molecule has 2 aromatic carbocycles. The van der Waals surface area contributed by atoms with E-state index in [4.69, 9.17) is 4.74 Å². The maximum absolute atomic E-state index is 13.4. The molecule has 1 atom stereocenters. The lowest BCUT2D eigenvalue weighted by Crippen LogP contribution is -2.32. The van der Waals surface area contributed by atoms with E-state index in [9.17, 15) is 14.9 Å². The van der Waals surface area contributed by atoms with Crippen molar-refractivity contribution in [1.29, 1.82) is 5.26 Å². The lowest BCUT2D eigenvalue weighted by atomic mass is 10.1. The van der Waals surface area contributed by atoms with Crippen LogP contribution < -0.4 is 15.0 Å². The molecule has 0 unspecified atom stereocenters. The van der Waals surface area contributed by atoms with Gasteiger partial charge in [-0.15, -0.1) is 0 Å². The quantitative estimate of drug-likeness (QED) is 0.590. The Hall–Kier alpha value is -3.24. The summed E-state index contributed by atoms with van der Waals surface area (Å²) in [6, 6.07) is 15.3. The monoisotopic (exact) mass is 421 g/mol. The molecule has 0 radical (unpaired) electrons. The SMILES string of the molecule is CNC(=O)/C(C#N)=C1/S[C@@H](Cc2ccc(OC)cc2)C(=O)N1c1ccc(C)cc1C. The molecular weight excluding hydrogens is 398 g/mol. The predicted octanol–water partition coefficient (Wildman–Crippen LogP) is 3.48. The Morgan fingerprint density at radius 1 is 1.23 bits per heavy atom. The van der Waals surface area contributed by atoms with Crippen molar-refractivity contribution in [2.75, 3.05) is 19.1 Å². The van der Waals surface area contributed by atoms with Gasteiger partial charge in [-0.2, -0.15) is 5.26 Å². The average molecular weight is 422 g/mol. The summed E-state index contributed by atoms with van der Waals surface area (Å²) in [6.45, 7) is 3.90. The highest BCUT2D eigenvalue weighted by atomic mass is 32.2. The molecule has 1 fully saturated rings. The van der Waals surface area contributed by atoms with Gasteiger partial charge in [-0.05, 0) is 49.6 Å². The summed E-state index contributed by atoms with van der Waals surface area (Å²) in [4.78, 5) is 27.3. The summed E-state index contributed by atoms with van der Waals surface area (Å²) in [5, 5.41) is 12.1. The summed E-state index contributed by atoms with van der Waals surface area (Å²) in [5.74, 6) is 0.0927. The minimum Gasteiger partial charge on any atom is -0.497 e. The number of rotatable bonds is 5. The van der Waals surface area contributed by atoms with Crippen LogP contribution in [-0.2, 0) is 16.0 Å². The summed E-state index contributed by atoms with van der Waals surface area (Å²) in [5.41, 5.74) is 3.57. The molecule has 30 heavy (non-hydrogen) atoms. The molecule has 1 aliphatic heterocycles. The number of likely N-dealkylation sites (N-methyl/N-ethyl adjacent to an activating group) is 1. The number of nitrogens with one attached hydrogen (secondary N) is 1. The van der Waals surface area contributed by atoms with E-state index < -0.39 is 11.2 Å². The molecule has 2 aromatic rings. The van der Waals surface area contributed by atoms with Gasteiger partial charge >= 0.3 is 0 Å². The van der Waals surface area contributed by atoms with Crippen molar-refractivity contribution in [3.63, 3.8) is 0 Å². The highest BCUT2D eigenvalue weighted by molar-refractivity contribution is 8.05. The summed E-state index contributed by atoms with van der Waals surface area (Å²) >= 11 is 1.26. The lowest BCUT2D eigenvalue weighted by molar-refractivity contribution is -0.117. The number of nitriles is 1. The smallest absolute Gasteiger partial charge is 0.264 e. The van der Waals surface area contributed by atoms with Crippen LogP contribution >= 0.6 is 11.8 Å². The number of nitrogens with zero attached hydrogens (tertiary/aromatic N) is 2. The maximum atomic E-state index is 13.4. The maximum Gasteiger partial charge on any atom is 0.264 e. The van der Waals surface area contributed by atoms with Crippen LogP contribution in [0.3, 0.4) is 0 Å². The van der Waals surface area contributed by atoms with E-state index in [-0.39, 0.29) is 11.5 Å². The van der Waals surface area contributed by atoms with Gasteiger partial charge in [0, 0.05) is 7.05 Å². The lowest BCUT2D eigenvalue weighted by Gasteiger charge is -2.21. The van der Waals surface area contributed by atoms with Gasteiger partial charge in [0.1, 0.15) is 22.4 Å². The topological polar surface area (TPSA) is 82.4 Å². The largest absolute Gasteiger partial charge is 0.497 e. The second-order valence-electron chi connectivity index (χ2n) is 6.99. The number of amides is 2. The number of carbonyl (C=O) groups excluding carboxylic acids is 2. The molecule has 1 aliphatic rings. The highest BCUT2D eigenvalue weighted by Gasteiger charge is 2.41. The first kappa shape index (κ1) is 21.5. The Balaban J connectivity index is 2.04.